The SMILES string of the molecule is O=C1NC(=S)SC1=Cc1ccc(-c2ccc(Cl)cc2Cl)o1. The largest absolute Gasteiger partial charge is 0.457 e. The van der Waals surface area contributed by atoms with Gasteiger partial charge in [-0.3, -0.25) is 4.79 Å². The first-order valence-electron chi connectivity index (χ1n) is 5.83. The molecule has 2 heterocycles. The van der Waals surface area contributed by atoms with Crippen molar-refractivity contribution in [3.63, 3.8) is 0 Å². The molecular formula is C14H7Cl2NO2S2. The summed E-state index contributed by atoms with van der Waals surface area (Å²) in [6.07, 6.45) is 1.65. The fourth-order valence-corrected chi connectivity index (χ4v) is 3.34. The summed E-state index contributed by atoms with van der Waals surface area (Å²) in [4.78, 5) is 12.1. The number of amides is 1. The van der Waals surface area contributed by atoms with Gasteiger partial charge in [0.2, 0.25) is 0 Å². The first kappa shape index (κ1) is 14.7. The van der Waals surface area contributed by atoms with Crippen LogP contribution in [-0.2, 0) is 4.79 Å². The molecule has 1 aromatic heterocycles. The standard InChI is InChI=1S/C14H7Cl2NO2S2/c15-7-1-3-9(10(16)5-7)11-4-2-8(19-11)6-12-13(18)17-14(20)21-12/h1-6H,(H,17,18,20). The van der Waals surface area contributed by atoms with E-state index in [9.17, 15) is 4.79 Å². The van der Waals surface area contributed by atoms with Crippen LogP contribution in [0.5, 0.6) is 0 Å². The van der Waals surface area contributed by atoms with Gasteiger partial charge in [-0.1, -0.05) is 47.2 Å². The van der Waals surface area contributed by atoms with E-state index in [0.717, 1.165) is 5.56 Å². The van der Waals surface area contributed by atoms with Gasteiger partial charge in [-0.25, -0.2) is 0 Å². The lowest BCUT2D eigenvalue weighted by atomic mass is 10.2. The lowest BCUT2D eigenvalue weighted by Gasteiger charge is -2.00. The van der Waals surface area contributed by atoms with Crippen LogP contribution in [0.3, 0.4) is 0 Å². The van der Waals surface area contributed by atoms with Crippen molar-refractivity contribution >= 4 is 63.5 Å². The second-order valence-corrected chi connectivity index (χ2v) is 6.74. The maximum absolute atomic E-state index is 11.6. The number of furan rings is 1. The maximum Gasteiger partial charge on any atom is 0.263 e. The van der Waals surface area contributed by atoms with E-state index >= 15 is 0 Å². The van der Waals surface area contributed by atoms with Crippen LogP contribution >= 0.6 is 47.2 Å². The first-order valence-corrected chi connectivity index (χ1v) is 7.81. The molecule has 1 aliphatic heterocycles. The van der Waals surface area contributed by atoms with E-state index < -0.39 is 0 Å². The summed E-state index contributed by atoms with van der Waals surface area (Å²) in [5.74, 6) is 0.945. The Bertz CT molecular complexity index is 783. The van der Waals surface area contributed by atoms with Crippen LogP contribution in [0.4, 0.5) is 0 Å². The number of hydrogen-bond acceptors (Lipinski definition) is 4. The Morgan fingerprint density at radius 3 is 2.71 bits per heavy atom. The molecule has 1 saturated heterocycles. The second-order valence-electron chi connectivity index (χ2n) is 4.18. The molecule has 2 aromatic rings. The molecule has 1 fully saturated rings. The molecule has 7 heteroatoms. The highest BCUT2D eigenvalue weighted by Gasteiger charge is 2.22. The highest BCUT2D eigenvalue weighted by molar-refractivity contribution is 8.26. The van der Waals surface area contributed by atoms with E-state index in [4.69, 9.17) is 39.8 Å². The third-order valence-corrected chi connectivity index (χ3v) is 4.45. The van der Waals surface area contributed by atoms with Gasteiger partial charge in [0.05, 0.1) is 9.93 Å². The molecule has 1 N–H and O–H groups in total. The van der Waals surface area contributed by atoms with Crippen molar-refractivity contribution in [2.75, 3.05) is 0 Å². The molecular weight excluding hydrogens is 349 g/mol. The molecule has 0 spiro atoms. The van der Waals surface area contributed by atoms with Crippen molar-refractivity contribution in [2.45, 2.75) is 0 Å². The molecule has 3 nitrogen and oxygen atoms in total. The summed E-state index contributed by atoms with van der Waals surface area (Å²) in [6, 6.07) is 8.73. The van der Waals surface area contributed by atoms with Gasteiger partial charge in [0, 0.05) is 16.7 Å². The Labute approximate surface area is 140 Å². The summed E-state index contributed by atoms with van der Waals surface area (Å²) in [6.45, 7) is 0. The Morgan fingerprint density at radius 1 is 1.24 bits per heavy atom. The molecule has 0 aliphatic carbocycles. The van der Waals surface area contributed by atoms with Crippen LogP contribution in [0, 0.1) is 0 Å². The van der Waals surface area contributed by atoms with Crippen LogP contribution < -0.4 is 5.32 Å². The highest BCUT2D eigenvalue weighted by Crippen LogP contribution is 2.33. The summed E-state index contributed by atoms with van der Waals surface area (Å²) in [5, 5.41) is 3.62. The quantitative estimate of drug-likeness (QED) is 0.623. The molecule has 1 amide bonds. The van der Waals surface area contributed by atoms with Gasteiger partial charge in [0.15, 0.2) is 0 Å². The number of nitrogens with one attached hydrogen (secondary N) is 1. The maximum atomic E-state index is 11.6. The van der Waals surface area contributed by atoms with E-state index in [1.54, 1.807) is 36.4 Å². The molecule has 0 saturated carbocycles. The Balaban J connectivity index is 1.92. The predicted octanol–water partition coefficient (Wildman–Crippen LogP) is 4.74. The monoisotopic (exact) mass is 355 g/mol. The van der Waals surface area contributed by atoms with Gasteiger partial charge in [0.25, 0.3) is 5.91 Å². The van der Waals surface area contributed by atoms with Crippen molar-refractivity contribution in [2.24, 2.45) is 0 Å². The van der Waals surface area contributed by atoms with E-state index in [2.05, 4.69) is 5.32 Å². The predicted molar refractivity (Wildman–Crippen MR) is 90.5 cm³/mol. The van der Waals surface area contributed by atoms with Crippen LogP contribution in [0.25, 0.3) is 17.4 Å². The number of hydrogen-bond donors (Lipinski definition) is 1. The summed E-state index contributed by atoms with van der Waals surface area (Å²) in [7, 11) is 0. The van der Waals surface area contributed by atoms with Gasteiger partial charge in [-0.15, -0.1) is 0 Å². The molecule has 106 valence electrons. The van der Waals surface area contributed by atoms with Crippen molar-refractivity contribution < 1.29 is 9.21 Å². The number of thiocarbonyl (C=S) groups is 1. The van der Waals surface area contributed by atoms with E-state index in [1.807, 2.05) is 0 Å². The minimum atomic E-state index is -0.215. The van der Waals surface area contributed by atoms with Crippen molar-refractivity contribution in [1.82, 2.24) is 5.32 Å². The topological polar surface area (TPSA) is 42.2 Å². The first-order chi connectivity index (χ1) is 10.0. The average Bonchev–Trinajstić information content (AvgIpc) is 2.97. The van der Waals surface area contributed by atoms with Crippen LogP contribution in [0.2, 0.25) is 10.0 Å². The molecule has 3 rings (SSSR count). The molecule has 1 aromatic carbocycles. The Kier molecular flexibility index (Phi) is 4.08. The van der Waals surface area contributed by atoms with E-state index in [0.29, 0.717) is 30.8 Å². The van der Waals surface area contributed by atoms with Crippen molar-refractivity contribution in [3.8, 4) is 11.3 Å². The highest BCUT2D eigenvalue weighted by atomic mass is 35.5. The Morgan fingerprint density at radius 2 is 2.05 bits per heavy atom. The number of thioether (sulfide) groups is 1. The lowest BCUT2D eigenvalue weighted by Crippen LogP contribution is -2.17. The van der Waals surface area contributed by atoms with Gasteiger partial charge in [0.1, 0.15) is 15.8 Å². The van der Waals surface area contributed by atoms with Gasteiger partial charge in [-0.05, 0) is 30.3 Å². The van der Waals surface area contributed by atoms with E-state index in [-0.39, 0.29) is 5.91 Å². The third-order valence-electron chi connectivity index (χ3n) is 2.74. The molecule has 0 bridgehead atoms. The average molecular weight is 356 g/mol. The van der Waals surface area contributed by atoms with Gasteiger partial charge >= 0.3 is 0 Å². The zero-order chi connectivity index (χ0) is 15.0. The summed E-state index contributed by atoms with van der Waals surface area (Å²) >= 11 is 18.1. The molecule has 21 heavy (non-hydrogen) atoms. The molecule has 0 unspecified atom stereocenters. The third kappa shape index (κ3) is 3.16. The minimum absolute atomic E-state index is 0.215. The normalized spacial score (nSPS) is 16.6. The second kappa shape index (κ2) is 5.85. The zero-order valence-electron chi connectivity index (χ0n) is 10.4. The van der Waals surface area contributed by atoms with E-state index in [1.165, 1.54) is 11.8 Å². The fraction of sp³-hybridized carbons (Fsp3) is 0. The van der Waals surface area contributed by atoms with Gasteiger partial charge < -0.3 is 9.73 Å². The Hall–Kier alpha value is -1.27. The van der Waals surface area contributed by atoms with Crippen LogP contribution in [0.1, 0.15) is 5.76 Å². The summed E-state index contributed by atoms with van der Waals surface area (Å²) in [5.41, 5.74) is 0.741. The molecule has 0 atom stereocenters. The van der Waals surface area contributed by atoms with Crippen LogP contribution in [0.15, 0.2) is 39.7 Å². The molecule has 1 aliphatic rings. The number of carbonyl (C=O) groups excluding carboxylic acids is 1. The number of benzene rings is 1. The molecule has 0 radical (unpaired) electrons. The smallest absolute Gasteiger partial charge is 0.263 e. The zero-order valence-corrected chi connectivity index (χ0v) is 13.5. The van der Waals surface area contributed by atoms with Crippen molar-refractivity contribution in [1.29, 1.82) is 0 Å². The summed E-state index contributed by atoms with van der Waals surface area (Å²) < 4.78 is 6.14. The number of halogens is 2. The fourth-order valence-electron chi connectivity index (χ4n) is 1.81. The minimum Gasteiger partial charge on any atom is -0.457 e. The van der Waals surface area contributed by atoms with Crippen molar-refractivity contribution in [3.05, 3.63) is 51.0 Å². The lowest BCUT2D eigenvalue weighted by molar-refractivity contribution is -0.115. The van der Waals surface area contributed by atoms with Crippen LogP contribution in [-0.4, -0.2) is 10.2 Å². The number of carbonyl (C=O) groups is 1. The van der Waals surface area contributed by atoms with Gasteiger partial charge in [-0.2, -0.15) is 0 Å². The number of rotatable bonds is 2.